The summed E-state index contributed by atoms with van der Waals surface area (Å²) in [6.07, 6.45) is -5.56. The van der Waals surface area contributed by atoms with E-state index in [4.69, 9.17) is 0 Å². The highest BCUT2D eigenvalue weighted by atomic mass is 19.4. The molecule has 190 valence electrons. The van der Waals surface area contributed by atoms with Crippen molar-refractivity contribution in [3.63, 3.8) is 0 Å². The third kappa shape index (κ3) is 6.55. The summed E-state index contributed by atoms with van der Waals surface area (Å²) in [6.45, 7) is 18.7. The third-order valence-electron chi connectivity index (χ3n) is 6.41. The van der Waals surface area contributed by atoms with E-state index in [1.807, 2.05) is 13.0 Å². The molecule has 1 aliphatic heterocycles. The zero-order valence-corrected chi connectivity index (χ0v) is 21.2. The van der Waals surface area contributed by atoms with E-state index >= 15 is 0 Å². The van der Waals surface area contributed by atoms with E-state index in [1.54, 1.807) is 0 Å². The molecule has 1 saturated heterocycles. The van der Waals surface area contributed by atoms with Crippen LogP contribution in [0.2, 0.25) is 0 Å². The van der Waals surface area contributed by atoms with Gasteiger partial charge in [0, 0.05) is 67.3 Å². The van der Waals surface area contributed by atoms with E-state index in [0.29, 0.717) is 5.56 Å². The number of aliphatic hydroxyl groups is 1. The molecule has 0 amide bonds. The predicted octanol–water partition coefficient (Wildman–Crippen LogP) is 5.15. The topological polar surface area (TPSA) is 52.5 Å². The lowest BCUT2D eigenvalue weighted by Crippen LogP contribution is -2.47. The molecule has 1 aromatic heterocycles. The highest BCUT2D eigenvalue weighted by Gasteiger charge is 2.32. The van der Waals surface area contributed by atoms with Gasteiger partial charge < -0.3 is 25.2 Å². The van der Waals surface area contributed by atoms with E-state index < -0.39 is 18.0 Å². The van der Waals surface area contributed by atoms with Crippen LogP contribution in [0, 0.1) is 12.3 Å². The van der Waals surface area contributed by atoms with Gasteiger partial charge in [-0.05, 0) is 36.6 Å². The summed E-state index contributed by atoms with van der Waals surface area (Å²) in [5.41, 5.74) is 2.01. The van der Waals surface area contributed by atoms with Crippen LogP contribution in [0.5, 0.6) is 0 Å². The van der Waals surface area contributed by atoms with Crippen LogP contribution >= 0.6 is 0 Å². The van der Waals surface area contributed by atoms with Crippen LogP contribution in [-0.4, -0.2) is 47.3 Å². The number of benzene rings is 1. The van der Waals surface area contributed by atoms with Crippen molar-refractivity contribution in [3.05, 3.63) is 52.8 Å². The molecule has 0 saturated carbocycles. The Bertz CT molecular complexity index is 969. The van der Waals surface area contributed by atoms with Gasteiger partial charge in [0.1, 0.15) is 0 Å². The van der Waals surface area contributed by atoms with E-state index in [1.165, 1.54) is 12.1 Å². The molecule has 1 unspecified atom stereocenters. The summed E-state index contributed by atoms with van der Waals surface area (Å²) in [4.78, 5) is 2.48. The van der Waals surface area contributed by atoms with Crippen LogP contribution in [-0.2, 0) is 18.1 Å². The van der Waals surface area contributed by atoms with Crippen molar-refractivity contribution < 1.29 is 18.3 Å². The second-order valence-electron chi connectivity index (χ2n) is 11.2. The summed E-state index contributed by atoms with van der Waals surface area (Å²) >= 11 is 0. The Morgan fingerprint density at radius 2 is 1.68 bits per heavy atom. The number of aliphatic hydroxyl groups excluding tert-OH is 1. The molecule has 8 heteroatoms. The Kier molecular flexibility index (Phi) is 7.75. The minimum Gasteiger partial charge on any atom is -0.369 e. The van der Waals surface area contributed by atoms with Gasteiger partial charge in [0.15, 0.2) is 6.23 Å². The van der Waals surface area contributed by atoms with Crippen LogP contribution in [0.15, 0.2) is 30.3 Å². The number of hydrogen-bond donors (Lipinski definition) is 3. The van der Waals surface area contributed by atoms with Gasteiger partial charge in [0.05, 0.1) is 5.56 Å². The van der Waals surface area contributed by atoms with Crippen LogP contribution in [0.1, 0.15) is 63.4 Å². The van der Waals surface area contributed by atoms with Crippen molar-refractivity contribution >= 4 is 5.69 Å². The first-order valence-corrected chi connectivity index (χ1v) is 11.9. The molecule has 1 aromatic carbocycles. The van der Waals surface area contributed by atoms with Crippen LogP contribution in [0.25, 0.3) is 0 Å². The quantitative estimate of drug-likeness (QED) is 0.480. The smallest absolute Gasteiger partial charge is 0.369 e. The average molecular weight is 481 g/mol. The summed E-state index contributed by atoms with van der Waals surface area (Å²) in [5.74, 6) is 0. The number of piperazine rings is 1. The molecule has 1 fully saturated rings. The van der Waals surface area contributed by atoms with Crippen molar-refractivity contribution in [2.75, 3.05) is 38.0 Å². The molecular weight excluding hydrogens is 441 g/mol. The zero-order chi connectivity index (χ0) is 25.3. The normalized spacial score (nSPS) is 17.1. The first-order valence-electron chi connectivity index (χ1n) is 11.9. The van der Waals surface area contributed by atoms with Gasteiger partial charge in [-0.25, -0.2) is 0 Å². The summed E-state index contributed by atoms with van der Waals surface area (Å²) in [7, 11) is 0. The van der Waals surface area contributed by atoms with Gasteiger partial charge in [-0.1, -0.05) is 40.7 Å². The molecule has 3 N–H and O–H groups in total. The molecule has 5 nitrogen and oxygen atoms in total. The second kappa shape index (κ2) is 9.91. The molecule has 1 aliphatic rings. The predicted molar refractivity (Wildman–Crippen MR) is 131 cm³/mol. The Balaban J connectivity index is 1.86. The fraction of sp³-hybridized carbons (Fsp3) is 0.615. The Morgan fingerprint density at radius 1 is 1.03 bits per heavy atom. The van der Waals surface area contributed by atoms with E-state index in [2.05, 4.69) is 54.7 Å². The third-order valence-corrected chi connectivity index (χ3v) is 6.41. The van der Waals surface area contributed by atoms with Gasteiger partial charge in [-0.3, -0.25) is 0 Å². The van der Waals surface area contributed by atoms with Gasteiger partial charge in [0.2, 0.25) is 0 Å². The highest BCUT2D eigenvalue weighted by molar-refractivity contribution is 5.49. The van der Waals surface area contributed by atoms with Gasteiger partial charge >= 0.3 is 6.18 Å². The van der Waals surface area contributed by atoms with E-state index in [9.17, 15) is 18.3 Å². The molecule has 3 rings (SSSR count). The number of hydrogen-bond acceptors (Lipinski definition) is 4. The number of halogens is 3. The molecule has 1 atom stereocenters. The number of nitrogens with zero attached hydrogens (tertiary/aromatic N) is 2. The molecule has 0 bridgehead atoms. The number of rotatable bonds is 7. The lowest BCUT2D eigenvalue weighted by molar-refractivity contribution is -0.137. The first kappa shape index (κ1) is 26.6. The van der Waals surface area contributed by atoms with Crippen LogP contribution in [0.4, 0.5) is 18.9 Å². The fourth-order valence-electron chi connectivity index (χ4n) is 4.74. The monoisotopic (exact) mass is 480 g/mol. The van der Waals surface area contributed by atoms with Crippen LogP contribution < -0.4 is 10.6 Å². The summed E-state index contributed by atoms with van der Waals surface area (Å²) in [5, 5.41) is 17.2. The van der Waals surface area contributed by atoms with Gasteiger partial charge in [-0.15, -0.1) is 0 Å². The molecule has 0 radical (unpaired) electrons. The minimum absolute atomic E-state index is 0.00217. The molecule has 34 heavy (non-hydrogen) atoms. The highest BCUT2D eigenvalue weighted by Crippen LogP contribution is 2.35. The number of aromatic nitrogens is 1. The van der Waals surface area contributed by atoms with E-state index in [-0.39, 0.29) is 16.5 Å². The average Bonchev–Trinajstić information content (AvgIpc) is 3.04. The number of anilines is 1. The largest absolute Gasteiger partial charge is 0.416 e. The van der Waals surface area contributed by atoms with Crippen LogP contribution in [0.3, 0.4) is 0 Å². The molecule has 0 aliphatic carbocycles. The summed E-state index contributed by atoms with van der Waals surface area (Å²) in [6, 6.07) is 6.91. The molecule has 2 aromatic rings. The van der Waals surface area contributed by atoms with Crippen molar-refractivity contribution in [3.8, 4) is 0 Å². The number of alkyl halides is 3. The Hall–Kier alpha value is -2.03. The van der Waals surface area contributed by atoms with Gasteiger partial charge in [-0.2, -0.15) is 13.2 Å². The SMILES string of the molecule is Cc1c(C(O)Nc2cccc(C(F)(F)F)c2)cc(C(C)(C)C)n1CC(C)(C)CN1CCNCC1. The Labute approximate surface area is 201 Å². The van der Waals surface area contributed by atoms with Crippen molar-refractivity contribution in [1.29, 1.82) is 0 Å². The standard InChI is InChI=1S/C26H39F3N4O/c1-18-21(23(34)31-20-9-7-8-19(14-20)26(27,28)29)15-22(24(2,3)4)33(18)17-25(5,6)16-32-12-10-30-11-13-32/h7-9,14-15,23,30-31,34H,10-13,16-17H2,1-6H3. The molecule has 0 spiro atoms. The maximum absolute atomic E-state index is 13.1. The first-order chi connectivity index (χ1) is 15.7. The van der Waals surface area contributed by atoms with Crippen molar-refractivity contribution in [1.82, 2.24) is 14.8 Å². The summed E-state index contributed by atoms with van der Waals surface area (Å²) < 4.78 is 41.6. The minimum atomic E-state index is -4.43. The number of nitrogens with one attached hydrogen (secondary N) is 2. The maximum atomic E-state index is 13.1. The van der Waals surface area contributed by atoms with Crippen molar-refractivity contribution in [2.45, 2.75) is 65.9 Å². The van der Waals surface area contributed by atoms with Crippen molar-refractivity contribution in [2.24, 2.45) is 5.41 Å². The fourth-order valence-corrected chi connectivity index (χ4v) is 4.74. The lowest BCUT2D eigenvalue weighted by atomic mass is 9.89. The Morgan fingerprint density at radius 3 is 2.26 bits per heavy atom. The van der Waals surface area contributed by atoms with Gasteiger partial charge in [0.25, 0.3) is 0 Å². The van der Waals surface area contributed by atoms with E-state index in [0.717, 1.165) is 62.8 Å². The second-order valence-corrected chi connectivity index (χ2v) is 11.2. The molecular formula is C26H39F3N4O. The zero-order valence-electron chi connectivity index (χ0n) is 21.2. The molecule has 2 heterocycles. The lowest BCUT2D eigenvalue weighted by Gasteiger charge is -2.37. The maximum Gasteiger partial charge on any atom is 0.416 e.